The molecule has 0 aromatic heterocycles. The third-order valence-corrected chi connectivity index (χ3v) is 1.55. The Hall–Kier alpha value is -2.02. The first-order valence-corrected chi connectivity index (χ1v) is 4.18. The van der Waals surface area contributed by atoms with Crippen LogP contribution in [-0.4, -0.2) is 19.1 Å². The number of carbonyl (C=O) groups excluding carboxylic acids is 1. The van der Waals surface area contributed by atoms with Crippen molar-refractivity contribution in [3.63, 3.8) is 0 Å². The fraction of sp³-hybridized carbons (Fsp3) is 0.200. The zero-order valence-electron chi connectivity index (χ0n) is 7.56. The second-order valence-corrected chi connectivity index (χ2v) is 2.54. The number of nitrogens with one attached hydrogen (secondary N) is 1. The lowest BCUT2D eigenvalue weighted by atomic mass is 10.2. The molecular weight excluding hydrogens is 180 g/mol. The van der Waals surface area contributed by atoms with Crippen LogP contribution in [-0.2, 0) is 4.74 Å². The van der Waals surface area contributed by atoms with E-state index >= 15 is 0 Å². The highest BCUT2D eigenvalue weighted by Gasteiger charge is 2.04. The van der Waals surface area contributed by atoms with Gasteiger partial charge in [-0.1, -0.05) is 18.2 Å². The summed E-state index contributed by atoms with van der Waals surface area (Å²) in [5, 5.41) is 10.5. The first-order valence-electron chi connectivity index (χ1n) is 4.18. The fourth-order valence-electron chi connectivity index (χ4n) is 0.908. The number of rotatable bonds is 4. The zero-order valence-corrected chi connectivity index (χ0v) is 7.56. The summed E-state index contributed by atoms with van der Waals surface area (Å²) in [7, 11) is 0. The van der Waals surface area contributed by atoms with E-state index < -0.39 is 0 Å². The third-order valence-electron chi connectivity index (χ3n) is 1.55. The average molecular weight is 190 g/mol. The predicted octanol–water partition coefficient (Wildman–Crippen LogP) is 0.914. The summed E-state index contributed by atoms with van der Waals surface area (Å²) in [4.78, 5) is 11.3. The maximum atomic E-state index is 11.3. The van der Waals surface area contributed by atoms with Crippen molar-refractivity contribution in [2.45, 2.75) is 0 Å². The number of hydrogen-bond donors (Lipinski definition) is 1. The van der Waals surface area contributed by atoms with E-state index in [1.807, 2.05) is 6.07 Å². The van der Waals surface area contributed by atoms with Crippen LogP contribution < -0.4 is 5.32 Å². The highest BCUT2D eigenvalue weighted by molar-refractivity contribution is 5.89. The molecule has 0 saturated heterocycles. The molecule has 0 heterocycles. The van der Waals surface area contributed by atoms with Gasteiger partial charge in [-0.15, -0.1) is 0 Å². The minimum Gasteiger partial charge on any atom is -0.460 e. The predicted molar refractivity (Wildman–Crippen MR) is 50.3 cm³/mol. The summed E-state index contributed by atoms with van der Waals surface area (Å²) >= 11 is 0. The Morgan fingerprint density at radius 1 is 1.43 bits per heavy atom. The molecule has 14 heavy (non-hydrogen) atoms. The van der Waals surface area contributed by atoms with Crippen molar-refractivity contribution in [1.82, 2.24) is 5.32 Å². The lowest BCUT2D eigenvalue weighted by Crippen LogP contribution is -2.16. The quantitative estimate of drug-likeness (QED) is 0.332. The summed E-state index contributed by atoms with van der Waals surface area (Å²) in [6.07, 6.45) is 1.74. The van der Waals surface area contributed by atoms with Crippen molar-refractivity contribution in [2.75, 3.05) is 13.2 Å². The molecule has 0 unspecified atom stereocenters. The molecule has 1 N–H and O–H groups in total. The van der Waals surface area contributed by atoms with Crippen LogP contribution in [0.5, 0.6) is 0 Å². The van der Waals surface area contributed by atoms with E-state index in [1.54, 1.807) is 30.5 Å². The van der Waals surface area contributed by atoms with E-state index in [0.717, 1.165) is 0 Å². The zero-order chi connectivity index (χ0) is 10.2. The van der Waals surface area contributed by atoms with E-state index in [-0.39, 0.29) is 12.6 Å². The highest BCUT2D eigenvalue weighted by atomic mass is 16.5. The van der Waals surface area contributed by atoms with Crippen molar-refractivity contribution >= 4 is 5.97 Å². The molecule has 0 fully saturated rings. The lowest BCUT2D eigenvalue weighted by molar-refractivity contribution is 0.0512. The summed E-state index contributed by atoms with van der Waals surface area (Å²) in [5.74, 6) is -0.370. The van der Waals surface area contributed by atoms with Crippen LogP contribution in [0.4, 0.5) is 0 Å². The van der Waals surface area contributed by atoms with Crippen LogP contribution in [0, 0.1) is 11.5 Å². The fourth-order valence-corrected chi connectivity index (χ4v) is 0.908. The van der Waals surface area contributed by atoms with Gasteiger partial charge in [0.05, 0.1) is 12.1 Å². The average Bonchev–Trinajstić information content (AvgIpc) is 2.25. The van der Waals surface area contributed by atoms with Gasteiger partial charge in [-0.2, -0.15) is 5.26 Å². The van der Waals surface area contributed by atoms with Crippen molar-refractivity contribution < 1.29 is 9.53 Å². The summed E-state index contributed by atoms with van der Waals surface area (Å²) in [5.41, 5.74) is 0.518. The SMILES string of the molecule is N#CNCCOC(=O)c1ccccc1. The molecule has 1 aromatic carbocycles. The smallest absolute Gasteiger partial charge is 0.338 e. The number of ether oxygens (including phenoxy) is 1. The number of hydrogen-bond acceptors (Lipinski definition) is 4. The molecule has 1 aromatic rings. The standard InChI is InChI=1S/C10H10N2O2/c11-8-12-6-7-14-10(13)9-4-2-1-3-5-9/h1-5,12H,6-7H2. The molecule has 0 radical (unpaired) electrons. The van der Waals surface area contributed by atoms with E-state index in [0.29, 0.717) is 12.1 Å². The van der Waals surface area contributed by atoms with Crippen LogP contribution in [0.25, 0.3) is 0 Å². The number of esters is 1. The molecule has 0 aliphatic heterocycles. The second-order valence-electron chi connectivity index (χ2n) is 2.54. The minimum absolute atomic E-state index is 0.196. The molecule has 0 spiro atoms. The minimum atomic E-state index is -0.370. The maximum absolute atomic E-state index is 11.3. The Labute approximate surface area is 82.1 Å². The molecular formula is C10H10N2O2. The molecule has 4 nitrogen and oxygen atoms in total. The van der Waals surface area contributed by atoms with E-state index in [1.165, 1.54) is 0 Å². The normalized spacial score (nSPS) is 8.79. The van der Waals surface area contributed by atoms with Gasteiger partial charge < -0.3 is 10.1 Å². The highest BCUT2D eigenvalue weighted by Crippen LogP contribution is 2.00. The van der Waals surface area contributed by atoms with Gasteiger partial charge >= 0.3 is 5.97 Å². The van der Waals surface area contributed by atoms with E-state index in [4.69, 9.17) is 10.00 Å². The van der Waals surface area contributed by atoms with E-state index in [2.05, 4.69) is 5.32 Å². The van der Waals surface area contributed by atoms with Gasteiger partial charge in [0.1, 0.15) is 6.61 Å². The first-order chi connectivity index (χ1) is 6.84. The Kier molecular flexibility index (Phi) is 4.02. The summed E-state index contributed by atoms with van der Waals surface area (Å²) in [6, 6.07) is 8.72. The van der Waals surface area contributed by atoms with Crippen LogP contribution in [0.3, 0.4) is 0 Å². The Morgan fingerprint density at radius 2 is 2.14 bits per heavy atom. The number of nitriles is 1. The largest absolute Gasteiger partial charge is 0.460 e. The van der Waals surface area contributed by atoms with Gasteiger partial charge in [0.2, 0.25) is 0 Å². The van der Waals surface area contributed by atoms with Gasteiger partial charge in [-0.3, -0.25) is 0 Å². The summed E-state index contributed by atoms with van der Waals surface area (Å²) in [6.45, 7) is 0.538. The lowest BCUT2D eigenvalue weighted by Gasteiger charge is -2.02. The Balaban J connectivity index is 2.33. The molecule has 0 bridgehead atoms. The van der Waals surface area contributed by atoms with Crippen LogP contribution in [0.1, 0.15) is 10.4 Å². The molecule has 0 amide bonds. The van der Waals surface area contributed by atoms with Crippen molar-refractivity contribution in [3.8, 4) is 6.19 Å². The molecule has 1 rings (SSSR count). The van der Waals surface area contributed by atoms with Gasteiger partial charge in [0, 0.05) is 0 Å². The van der Waals surface area contributed by atoms with Crippen LogP contribution in [0.15, 0.2) is 30.3 Å². The van der Waals surface area contributed by atoms with Gasteiger partial charge in [0.15, 0.2) is 6.19 Å². The van der Waals surface area contributed by atoms with E-state index in [9.17, 15) is 4.79 Å². The van der Waals surface area contributed by atoms with Crippen molar-refractivity contribution in [1.29, 1.82) is 5.26 Å². The van der Waals surface area contributed by atoms with Gasteiger partial charge in [-0.25, -0.2) is 4.79 Å². The van der Waals surface area contributed by atoms with Gasteiger partial charge in [-0.05, 0) is 12.1 Å². The molecule has 0 atom stereocenters. The molecule has 0 aliphatic carbocycles. The number of carbonyl (C=O) groups is 1. The van der Waals surface area contributed by atoms with Crippen molar-refractivity contribution in [2.24, 2.45) is 0 Å². The molecule has 0 aliphatic rings. The Bertz CT molecular complexity index is 330. The Morgan fingerprint density at radius 3 is 2.79 bits per heavy atom. The topological polar surface area (TPSA) is 62.1 Å². The number of nitrogens with zero attached hydrogens (tertiary/aromatic N) is 1. The first kappa shape index (κ1) is 10.1. The molecule has 4 heteroatoms. The monoisotopic (exact) mass is 190 g/mol. The van der Waals surface area contributed by atoms with Crippen LogP contribution >= 0.6 is 0 Å². The molecule has 0 saturated carbocycles. The summed E-state index contributed by atoms with van der Waals surface area (Å²) < 4.78 is 4.88. The van der Waals surface area contributed by atoms with Gasteiger partial charge in [0.25, 0.3) is 0 Å². The van der Waals surface area contributed by atoms with Crippen LogP contribution in [0.2, 0.25) is 0 Å². The second kappa shape index (κ2) is 5.60. The van der Waals surface area contributed by atoms with Crippen molar-refractivity contribution in [3.05, 3.63) is 35.9 Å². The number of benzene rings is 1. The molecule has 72 valence electrons. The third kappa shape index (κ3) is 3.15. The maximum Gasteiger partial charge on any atom is 0.338 e.